The summed E-state index contributed by atoms with van der Waals surface area (Å²) in [6, 6.07) is 79.3. The van der Waals surface area contributed by atoms with Gasteiger partial charge in [0.15, 0.2) is 29.1 Å². The van der Waals surface area contributed by atoms with Crippen molar-refractivity contribution in [3.05, 3.63) is 231 Å². The Morgan fingerprint density at radius 2 is 0.603 bits per heavy atom. The zero-order valence-electron chi connectivity index (χ0n) is 36.5. The van der Waals surface area contributed by atoms with Crippen molar-refractivity contribution < 1.29 is 0 Å². The minimum absolute atomic E-state index is 0.537. The van der Waals surface area contributed by atoms with Crippen LogP contribution in [0.3, 0.4) is 0 Å². The van der Waals surface area contributed by atoms with Crippen LogP contribution in [0.1, 0.15) is 0 Å². The van der Waals surface area contributed by atoms with Gasteiger partial charge in [0.25, 0.3) is 0 Å². The van der Waals surface area contributed by atoms with Gasteiger partial charge in [-0.3, -0.25) is 4.57 Å². The second kappa shape index (κ2) is 16.2. The maximum atomic E-state index is 5.37. The first kappa shape index (κ1) is 39.0. The highest BCUT2D eigenvalue weighted by Crippen LogP contribution is 2.42. The summed E-state index contributed by atoms with van der Waals surface area (Å²) in [5.41, 5.74) is 11.7. The maximum Gasteiger partial charge on any atom is 0.238 e. The van der Waals surface area contributed by atoms with Crippen LogP contribution in [0.15, 0.2) is 231 Å². The first-order chi connectivity index (χ1) is 33.7. The maximum absolute atomic E-state index is 5.37. The largest absolute Gasteiger partial charge is 0.308 e. The molecule has 4 heterocycles. The van der Waals surface area contributed by atoms with Gasteiger partial charge in [0.2, 0.25) is 5.95 Å². The zero-order valence-corrected chi connectivity index (χ0v) is 36.5. The summed E-state index contributed by atoms with van der Waals surface area (Å²) < 4.78 is 4.56. The summed E-state index contributed by atoms with van der Waals surface area (Å²) in [4.78, 5) is 31.2. The molecule has 8 heteroatoms. The van der Waals surface area contributed by atoms with Crippen LogP contribution in [0.2, 0.25) is 0 Å². The Morgan fingerprint density at radius 3 is 1.16 bits per heavy atom. The summed E-state index contributed by atoms with van der Waals surface area (Å²) in [7, 11) is 0. The first-order valence-electron chi connectivity index (χ1n) is 22.6. The van der Waals surface area contributed by atoms with Gasteiger partial charge in [-0.05, 0) is 47.5 Å². The molecule has 4 aromatic heterocycles. The van der Waals surface area contributed by atoms with E-state index in [1.807, 2.05) is 91.0 Å². The Morgan fingerprint density at radius 1 is 0.235 bits per heavy atom. The Balaban J connectivity index is 1.06. The lowest BCUT2D eigenvalue weighted by molar-refractivity contribution is 0.954. The topological polar surface area (TPSA) is 87.2 Å². The molecular weight excluding hydrogens is 833 g/mol. The molecule has 0 radical (unpaired) electrons. The van der Waals surface area contributed by atoms with Crippen LogP contribution in [0.25, 0.3) is 123 Å². The predicted octanol–water partition coefficient (Wildman–Crippen LogP) is 14.3. The van der Waals surface area contributed by atoms with Gasteiger partial charge < -0.3 is 4.57 Å². The number of aromatic nitrogens is 8. The number of hydrogen-bond donors (Lipinski definition) is 0. The Bertz CT molecular complexity index is 3960. The van der Waals surface area contributed by atoms with E-state index >= 15 is 0 Å². The Hall–Kier alpha value is -9.40. The predicted molar refractivity (Wildman–Crippen MR) is 275 cm³/mol. The highest BCUT2D eigenvalue weighted by Gasteiger charge is 2.24. The fourth-order valence-corrected chi connectivity index (χ4v) is 9.54. The number of fused-ring (bicyclic) bond motifs is 6. The third kappa shape index (κ3) is 6.62. The van der Waals surface area contributed by atoms with Crippen LogP contribution < -0.4 is 0 Å². The number of para-hydroxylation sites is 3. The minimum Gasteiger partial charge on any atom is -0.308 e. The molecule has 0 saturated carbocycles. The van der Waals surface area contributed by atoms with Crippen molar-refractivity contribution in [1.29, 1.82) is 0 Å². The SMILES string of the molecule is c1ccc(-c2nc(-c3ccccc3)nc(-c3ccccc3-n3c4ccccc4c4cc5c(cc43)c3ccccc3n5-c3nc(-c4ccccc4)nc(-c4ccccc4-c4ccccc4)n3)n2)cc1. The molecule has 0 aliphatic rings. The van der Waals surface area contributed by atoms with Crippen LogP contribution in [0.4, 0.5) is 0 Å². The van der Waals surface area contributed by atoms with Crippen molar-refractivity contribution >= 4 is 43.6 Å². The lowest BCUT2D eigenvalue weighted by Crippen LogP contribution is -2.07. The van der Waals surface area contributed by atoms with Gasteiger partial charge in [0.1, 0.15) is 0 Å². The third-order valence-electron chi connectivity index (χ3n) is 12.7. The summed E-state index contributed by atoms with van der Waals surface area (Å²) in [6.07, 6.45) is 0. The second-order valence-corrected chi connectivity index (χ2v) is 16.7. The zero-order chi connectivity index (χ0) is 45.0. The molecule has 9 aromatic carbocycles. The highest BCUT2D eigenvalue weighted by atomic mass is 15.2. The summed E-state index contributed by atoms with van der Waals surface area (Å²) >= 11 is 0. The van der Waals surface area contributed by atoms with Crippen LogP contribution in [0.5, 0.6) is 0 Å². The Kier molecular flexibility index (Phi) is 9.31. The molecule has 68 heavy (non-hydrogen) atoms. The molecule has 0 unspecified atom stereocenters. The fraction of sp³-hybridized carbons (Fsp3) is 0. The molecule has 13 rings (SSSR count). The van der Waals surface area contributed by atoms with Crippen LogP contribution >= 0.6 is 0 Å². The van der Waals surface area contributed by atoms with Gasteiger partial charge in [0.05, 0.1) is 27.8 Å². The molecule has 318 valence electrons. The molecule has 0 N–H and O–H groups in total. The van der Waals surface area contributed by atoms with Gasteiger partial charge in [-0.15, -0.1) is 0 Å². The van der Waals surface area contributed by atoms with E-state index in [1.165, 1.54) is 0 Å². The van der Waals surface area contributed by atoms with Crippen LogP contribution in [-0.2, 0) is 0 Å². The normalized spacial score (nSPS) is 11.5. The van der Waals surface area contributed by atoms with E-state index in [4.69, 9.17) is 29.9 Å². The lowest BCUT2D eigenvalue weighted by Gasteiger charge is -2.15. The van der Waals surface area contributed by atoms with E-state index in [1.54, 1.807) is 0 Å². The van der Waals surface area contributed by atoms with Crippen molar-refractivity contribution in [3.8, 4) is 79.7 Å². The Labute approximate surface area is 391 Å². The van der Waals surface area contributed by atoms with Gasteiger partial charge in [-0.1, -0.05) is 194 Å². The van der Waals surface area contributed by atoms with E-state index in [0.717, 1.165) is 88.2 Å². The molecule has 0 aliphatic carbocycles. The van der Waals surface area contributed by atoms with E-state index in [-0.39, 0.29) is 0 Å². The van der Waals surface area contributed by atoms with Crippen molar-refractivity contribution in [2.75, 3.05) is 0 Å². The lowest BCUT2D eigenvalue weighted by atomic mass is 9.99. The molecule has 0 saturated heterocycles. The number of nitrogens with zero attached hydrogens (tertiary/aromatic N) is 8. The van der Waals surface area contributed by atoms with Gasteiger partial charge in [-0.2, -0.15) is 9.97 Å². The van der Waals surface area contributed by atoms with Gasteiger partial charge >= 0.3 is 0 Å². The number of rotatable bonds is 8. The smallest absolute Gasteiger partial charge is 0.238 e. The molecule has 0 aliphatic heterocycles. The van der Waals surface area contributed by atoms with Crippen LogP contribution in [0, 0.1) is 0 Å². The van der Waals surface area contributed by atoms with Gasteiger partial charge in [-0.25, -0.2) is 19.9 Å². The van der Waals surface area contributed by atoms with Crippen molar-refractivity contribution in [1.82, 2.24) is 39.0 Å². The van der Waals surface area contributed by atoms with Crippen molar-refractivity contribution in [2.24, 2.45) is 0 Å². The fourth-order valence-electron chi connectivity index (χ4n) is 9.54. The average Bonchev–Trinajstić information content (AvgIpc) is 3.92. The second-order valence-electron chi connectivity index (χ2n) is 16.7. The molecule has 0 fully saturated rings. The molecule has 13 aromatic rings. The van der Waals surface area contributed by atoms with Crippen LogP contribution in [-0.4, -0.2) is 39.0 Å². The monoisotopic (exact) mass is 870 g/mol. The van der Waals surface area contributed by atoms with E-state index < -0.39 is 0 Å². The summed E-state index contributed by atoms with van der Waals surface area (Å²) in [5.74, 6) is 3.54. The van der Waals surface area contributed by atoms with Crippen molar-refractivity contribution in [2.45, 2.75) is 0 Å². The van der Waals surface area contributed by atoms with E-state index in [2.05, 4.69) is 149 Å². The first-order valence-corrected chi connectivity index (χ1v) is 22.6. The molecule has 0 bridgehead atoms. The average molecular weight is 871 g/mol. The molecule has 0 atom stereocenters. The highest BCUT2D eigenvalue weighted by molar-refractivity contribution is 6.19. The van der Waals surface area contributed by atoms with Gasteiger partial charge in [0, 0.05) is 49.4 Å². The molecule has 0 spiro atoms. The van der Waals surface area contributed by atoms with E-state index in [9.17, 15) is 0 Å². The third-order valence-corrected chi connectivity index (χ3v) is 12.7. The minimum atomic E-state index is 0.537. The molecular formula is C60H38N8. The summed E-state index contributed by atoms with van der Waals surface area (Å²) in [6.45, 7) is 0. The standard InChI is InChI=1S/C60H38N8/c1-5-21-39(22-6-1)43-29-13-14-32-46(43)58-64-57(42-27-11-4-12-28-42)65-60(66-58)68-51-35-19-16-31-45(51)49-37-53-48(38-54(49)68)44-30-15-18-34-50(44)67(53)52-36-20-17-33-47(52)59-62-55(40-23-7-2-8-24-40)61-56(63-59)41-25-9-3-10-26-41/h1-38H. The number of benzene rings is 9. The number of hydrogen-bond acceptors (Lipinski definition) is 6. The summed E-state index contributed by atoms with van der Waals surface area (Å²) in [5, 5.41) is 4.35. The van der Waals surface area contributed by atoms with E-state index in [0.29, 0.717) is 35.1 Å². The quantitative estimate of drug-likeness (QED) is 0.151. The van der Waals surface area contributed by atoms with Crippen molar-refractivity contribution in [3.63, 3.8) is 0 Å². The molecule has 8 nitrogen and oxygen atoms in total. The molecule has 0 amide bonds.